The lowest BCUT2D eigenvalue weighted by molar-refractivity contribution is 0.238. The van der Waals surface area contributed by atoms with Crippen molar-refractivity contribution in [3.05, 3.63) is 58.3 Å². The van der Waals surface area contributed by atoms with E-state index < -0.39 is 0 Å². The van der Waals surface area contributed by atoms with Crippen LogP contribution in [0.2, 0.25) is 0 Å². The summed E-state index contributed by atoms with van der Waals surface area (Å²) < 4.78 is 6.84. The van der Waals surface area contributed by atoms with Crippen LogP contribution in [-0.4, -0.2) is 4.98 Å². The van der Waals surface area contributed by atoms with Crippen molar-refractivity contribution in [1.29, 1.82) is 0 Å². The summed E-state index contributed by atoms with van der Waals surface area (Å²) in [7, 11) is 0. The molecule has 1 atom stereocenters. The van der Waals surface area contributed by atoms with Crippen molar-refractivity contribution in [1.82, 2.24) is 4.98 Å². The van der Waals surface area contributed by atoms with E-state index in [0.29, 0.717) is 0 Å². The monoisotopic (exact) mass is 275 g/mol. The minimum absolute atomic E-state index is 0.109. The molecule has 80 valence electrons. The molecule has 1 aromatic heterocycles. The summed E-state index contributed by atoms with van der Waals surface area (Å²) in [4.78, 5) is 4.36. The SMILES string of the molecule is Brc1cnc2c(c1)OC(c1ccccc1)C2. The van der Waals surface area contributed by atoms with Crippen molar-refractivity contribution in [2.45, 2.75) is 12.5 Å². The van der Waals surface area contributed by atoms with Crippen LogP contribution in [-0.2, 0) is 6.42 Å². The fraction of sp³-hybridized carbons (Fsp3) is 0.154. The highest BCUT2D eigenvalue weighted by molar-refractivity contribution is 9.10. The zero-order valence-corrected chi connectivity index (χ0v) is 10.1. The Kier molecular flexibility index (Phi) is 2.40. The highest BCUT2D eigenvalue weighted by atomic mass is 79.9. The molecule has 3 heteroatoms. The maximum atomic E-state index is 5.88. The molecule has 0 bridgehead atoms. The molecule has 3 rings (SSSR count). The second-order valence-corrected chi connectivity index (χ2v) is 4.74. The number of fused-ring (bicyclic) bond motifs is 1. The van der Waals surface area contributed by atoms with Crippen LogP contribution in [0.4, 0.5) is 0 Å². The van der Waals surface area contributed by atoms with Crippen molar-refractivity contribution in [2.75, 3.05) is 0 Å². The van der Waals surface area contributed by atoms with Crippen molar-refractivity contribution in [2.24, 2.45) is 0 Å². The summed E-state index contributed by atoms with van der Waals surface area (Å²) in [6, 6.07) is 12.2. The van der Waals surface area contributed by atoms with Crippen LogP contribution in [0.15, 0.2) is 47.1 Å². The number of halogens is 1. The molecular weight excluding hydrogens is 266 g/mol. The summed E-state index contributed by atoms with van der Waals surface area (Å²) in [5.74, 6) is 0.892. The van der Waals surface area contributed by atoms with Crippen LogP contribution in [0.5, 0.6) is 5.75 Å². The zero-order valence-electron chi connectivity index (χ0n) is 8.56. The number of benzene rings is 1. The van der Waals surface area contributed by atoms with Gasteiger partial charge in [0, 0.05) is 17.1 Å². The predicted molar refractivity (Wildman–Crippen MR) is 65.5 cm³/mol. The highest BCUT2D eigenvalue weighted by Gasteiger charge is 2.25. The maximum absolute atomic E-state index is 5.88. The van der Waals surface area contributed by atoms with Crippen molar-refractivity contribution in [3.63, 3.8) is 0 Å². The number of hydrogen-bond donors (Lipinski definition) is 0. The van der Waals surface area contributed by atoms with Gasteiger partial charge in [-0.05, 0) is 27.6 Å². The standard InChI is InChI=1S/C13H10BrNO/c14-10-6-13-11(15-8-10)7-12(16-13)9-4-2-1-3-5-9/h1-6,8,12H,7H2. The van der Waals surface area contributed by atoms with E-state index in [1.54, 1.807) is 0 Å². The topological polar surface area (TPSA) is 22.1 Å². The molecule has 16 heavy (non-hydrogen) atoms. The van der Waals surface area contributed by atoms with Crippen LogP contribution in [0.3, 0.4) is 0 Å². The molecule has 0 aliphatic carbocycles. The molecule has 1 aliphatic rings. The molecule has 0 saturated carbocycles. The summed E-state index contributed by atoms with van der Waals surface area (Å²) in [5, 5.41) is 0. The Morgan fingerprint density at radius 2 is 2.06 bits per heavy atom. The predicted octanol–water partition coefficient (Wildman–Crippen LogP) is 3.52. The molecule has 0 saturated heterocycles. The van der Waals surface area contributed by atoms with Gasteiger partial charge in [-0.2, -0.15) is 0 Å². The van der Waals surface area contributed by atoms with Gasteiger partial charge in [0.1, 0.15) is 11.9 Å². The van der Waals surface area contributed by atoms with Crippen molar-refractivity contribution >= 4 is 15.9 Å². The minimum atomic E-state index is 0.109. The Balaban J connectivity index is 1.91. The summed E-state index contributed by atoms with van der Waals surface area (Å²) in [6.07, 6.45) is 2.78. The molecule has 1 aromatic carbocycles. The first-order valence-corrected chi connectivity index (χ1v) is 5.98. The largest absolute Gasteiger partial charge is 0.483 e. The lowest BCUT2D eigenvalue weighted by atomic mass is 10.1. The molecule has 2 heterocycles. The van der Waals surface area contributed by atoms with E-state index in [2.05, 4.69) is 33.0 Å². The van der Waals surface area contributed by atoms with Gasteiger partial charge in [0.05, 0.1) is 5.69 Å². The van der Waals surface area contributed by atoms with E-state index in [9.17, 15) is 0 Å². The van der Waals surface area contributed by atoms with Gasteiger partial charge < -0.3 is 4.74 Å². The van der Waals surface area contributed by atoms with Crippen LogP contribution in [0.1, 0.15) is 17.4 Å². The molecule has 0 fully saturated rings. The Morgan fingerprint density at radius 1 is 1.25 bits per heavy atom. The first kappa shape index (κ1) is 9.85. The summed E-state index contributed by atoms with van der Waals surface area (Å²) in [5.41, 5.74) is 2.24. The van der Waals surface area contributed by atoms with Gasteiger partial charge in [0.25, 0.3) is 0 Å². The Morgan fingerprint density at radius 3 is 2.88 bits per heavy atom. The van der Waals surface area contributed by atoms with E-state index in [1.165, 1.54) is 5.56 Å². The number of pyridine rings is 1. The van der Waals surface area contributed by atoms with Gasteiger partial charge in [-0.25, -0.2) is 0 Å². The first-order chi connectivity index (χ1) is 7.83. The maximum Gasteiger partial charge on any atom is 0.143 e. The lowest BCUT2D eigenvalue weighted by Crippen LogP contribution is -2.02. The van der Waals surface area contributed by atoms with Gasteiger partial charge in [-0.1, -0.05) is 30.3 Å². The van der Waals surface area contributed by atoms with E-state index in [0.717, 1.165) is 22.3 Å². The number of rotatable bonds is 1. The number of ether oxygens (including phenoxy) is 1. The van der Waals surface area contributed by atoms with Crippen molar-refractivity contribution < 1.29 is 4.74 Å². The zero-order chi connectivity index (χ0) is 11.0. The Hall–Kier alpha value is -1.35. The molecule has 0 N–H and O–H groups in total. The molecule has 0 amide bonds. The third-order valence-electron chi connectivity index (χ3n) is 2.72. The second-order valence-electron chi connectivity index (χ2n) is 3.82. The average Bonchev–Trinajstić information content (AvgIpc) is 2.73. The first-order valence-electron chi connectivity index (χ1n) is 5.19. The molecule has 1 unspecified atom stereocenters. The van der Waals surface area contributed by atoms with Gasteiger partial charge >= 0.3 is 0 Å². The normalized spacial score (nSPS) is 17.9. The van der Waals surface area contributed by atoms with Crippen LogP contribution < -0.4 is 4.74 Å². The number of nitrogens with zero attached hydrogens (tertiary/aromatic N) is 1. The summed E-state index contributed by atoms with van der Waals surface area (Å²) >= 11 is 3.40. The third kappa shape index (κ3) is 1.71. The van der Waals surface area contributed by atoms with E-state index >= 15 is 0 Å². The minimum Gasteiger partial charge on any atom is -0.483 e. The molecule has 2 nitrogen and oxygen atoms in total. The fourth-order valence-electron chi connectivity index (χ4n) is 1.93. The Labute approximate surface area is 102 Å². The second kappa shape index (κ2) is 3.91. The van der Waals surface area contributed by atoms with Crippen LogP contribution in [0, 0.1) is 0 Å². The Bertz CT molecular complexity index is 513. The molecule has 0 radical (unpaired) electrons. The van der Waals surface area contributed by atoms with E-state index in [1.807, 2.05) is 30.5 Å². The molecule has 0 spiro atoms. The number of hydrogen-bond acceptors (Lipinski definition) is 2. The van der Waals surface area contributed by atoms with Crippen LogP contribution in [0.25, 0.3) is 0 Å². The fourth-order valence-corrected chi connectivity index (χ4v) is 2.24. The molecule has 2 aromatic rings. The van der Waals surface area contributed by atoms with Gasteiger partial charge in [-0.15, -0.1) is 0 Å². The molecule has 1 aliphatic heterocycles. The average molecular weight is 276 g/mol. The van der Waals surface area contributed by atoms with E-state index in [4.69, 9.17) is 4.74 Å². The van der Waals surface area contributed by atoms with Gasteiger partial charge in [-0.3, -0.25) is 4.98 Å². The summed E-state index contributed by atoms with van der Waals surface area (Å²) in [6.45, 7) is 0. The molecular formula is C13H10BrNO. The number of aromatic nitrogens is 1. The quantitative estimate of drug-likeness (QED) is 0.795. The van der Waals surface area contributed by atoms with E-state index in [-0.39, 0.29) is 6.10 Å². The smallest absolute Gasteiger partial charge is 0.143 e. The highest BCUT2D eigenvalue weighted by Crippen LogP contribution is 2.36. The van der Waals surface area contributed by atoms with Crippen LogP contribution >= 0.6 is 15.9 Å². The van der Waals surface area contributed by atoms with Gasteiger partial charge in [0.2, 0.25) is 0 Å². The van der Waals surface area contributed by atoms with Gasteiger partial charge in [0.15, 0.2) is 0 Å². The van der Waals surface area contributed by atoms with Crippen molar-refractivity contribution in [3.8, 4) is 5.75 Å². The third-order valence-corrected chi connectivity index (χ3v) is 3.15. The lowest BCUT2D eigenvalue weighted by Gasteiger charge is -2.09.